The number of imide groups is 1. The van der Waals surface area contributed by atoms with E-state index in [4.69, 9.17) is 4.74 Å². The third kappa shape index (κ3) is 4.33. The number of hydrogen-bond donors (Lipinski definition) is 2. The lowest BCUT2D eigenvalue weighted by atomic mass is 9.91. The fourth-order valence-corrected chi connectivity index (χ4v) is 2.66. The molecule has 8 heteroatoms. The molecule has 2 N–H and O–H groups in total. The maximum Gasteiger partial charge on any atom is 0.327 e. The van der Waals surface area contributed by atoms with Gasteiger partial charge in [0.2, 0.25) is 0 Å². The fourth-order valence-electron chi connectivity index (χ4n) is 2.66. The average molecular weight is 373 g/mol. The Morgan fingerprint density at radius 3 is 2.56 bits per heavy atom. The molecular weight excluding hydrogens is 350 g/mol. The molecular formula is C19H23N3O5. The first-order chi connectivity index (χ1) is 12.7. The first kappa shape index (κ1) is 20.2. The smallest absolute Gasteiger partial charge is 0.327 e. The van der Waals surface area contributed by atoms with Crippen LogP contribution < -0.4 is 10.6 Å². The zero-order valence-electron chi connectivity index (χ0n) is 15.6. The highest BCUT2D eigenvalue weighted by atomic mass is 16.5. The number of urea groups is 1. The van der Waals surface area contributed by atoms with Gasteiger partial charge < -0.3 is 15.4 Å². The molecule has 0 radical (unpaired) electrons. The quantitative estimate of drug-likeness (QED) is 0.421. The molecule has 2 rings (SSSR count). The van der Waals surface area contributed by atoms with Crippen molar-refractivity contribution < 1.29 is 23.9 Å². The van der Waals surface area contributed by atoms with Gasteiger partial charge in [-0.1, -0.05) is 35.9 Å². The highest BCUT2D eigenvalue weighted by Gasteiger charge is 2.49. The second-order valence-corrected chi connectivity index (χ2v) is 6.48. The van der Waals surface area contributed by atoms with Gasteiger partial charge in [-0.25, -0.2) is 4.79 Å². The lowest BCUT2D eigenvalue weighted by Crippen LogP contribution is -2.42. The molecule has 27 heavy (non-hydrogen) atoms. The molecule has 1 saturated heterocycles. The van der Waals surface area contributed by atoms with Crippen LogP contribution in [0.25, 0.3) is 0 Å². The average Bonchev–Trinajstić information content (AvgIpc) is 2.84. The minimum atomic E-state index is -1.27. The number of amides is 4. The van der Waals surface area contributed by atoms with E-state index in [1.807, 2.05) is 19.1 Å². The van der Waals surface area contributed by atoms with Crippen LogP contribution in [0.15, 0.2) is 36.9 Å². The second-order valence-electron chi connectivity index (χ2n) is 6.48. The van der Waals surface area contributed by atoms with Crippen LogP contribution in [0.5, 0.6) is 0 Å². The molecule has 1 aliphatic rings. The number of rotatable bonds is 7. The fraction of sp³-hybridized carbons (Fsp3) is 0.368. The number of benzene rings is 1. The number of hydrogen-bond acceptors (Lipinski definition) is 5. The van der Waals surface area contributed by atoms with Crippen molar-refractivity contribution in [2.24, 2.45) is 0 Å². The third-order valence-electron chi connectivity index (χ3n) is 4.29. The third-order valence-corrected chi connectivity index (χ3v) is 4.29. The van der Waals surface area contributed by atoms with Gasteiger partial charge in [-0.3, -0.25) is 19.3 Å². The lowest BCUT2D eigenvalue weighted by molar-refractivity contribution is -0.156. The van der Waals surface area contributed by atoms with E-state index in [1.165, 1.54) is 13.0 Å². The molecule has 144 valence electrons. The normalized spacial score (nSPS) is 20.0. The number of esters is 1. The Balaban J connectivity index is 2.04. The maximum absolute atomic E-state index is 12.8. The van der Waals surface area contributed by atoms with E-state index in [1.54, 1.807) is 19.1 Å². The number of carbonyl (C=O) groups excluding carboxylic acids is 4. The predicted octanol–water partition coefficient (Wildman–Crippen LogP) is 0.996. The largest absolute Gasteiger partial charge is 0.451 e. The summed E-state index contributed by atoms with van der Waals surface area (Å²) in [5.74, 6) is -1.91. The van der Waals surface area contributed by atoms with Crippen molar-refractivity contribution in [2.45, 2.75) is 32.4 Å². The first-order valence-corrected chi connectivity index (χ1v) is 8.48. The second kappa shape index (κ2) is 8.03. The lowest BCUT2D eigenvalue weighted by Gasteiger charge is -2.22. The molecule has 1 fully saturated rings. The van der Waals surface area contributed by atoms with Crippen molar-refractivity contribution in [1.82, 2.24) is 15.5 Å². The van der Waals surface area contributed by atoms with Crippen molar-refractivity contribution in [1.29, 1.82) is 0 Å². The number of nitrogens with one attached hydrogen (secondary N) is 2. The van der Waals surface area contributed by atoms with Gasteiger partial charge in [-0.2, -0.15) is 0 Å². The molecule has 0 unspecified atom stereocenters. The number of carbonyl (C=O) groups is 4. The van der Waals surface area contributed by atoms with Crippen molar-refractivity contribution in [3.8, 4) is 0 Å². The number of nitrogens with zero attached hydrogens (tertiary/aromatic N) is 1. The minimum Gasteiger partial charge on any atom is -0.451 e. The Labute approximate surface area is 157 Å². The minimum absolute atomic E-state index is 0.239. The molecule has 0 bridgehead atoms. The molecule has 0 aliphatic carbocycles. The molecule has 2 atom stereocenters. The molecule has 1 heterocycles. The van der Waals surface area contributed by atoms with E-state index in [2.05, 4.69) is 17.2 Å². The molecule has 0 spiro atoms. The van der Waals surface area contributed by atoms with Gasteiger partial charge in [0.15, 0.2) is 6.10 Å². The summed E-state index contributed by atoms with van der Waals surface area (Å²) in [6.45, 7) is 8.02. The number of ether oxygens (including phenoxy) is 1. The maximum atomic E-state index is 12.8. The van der Waals surface area contributed by atoms with Gasteiger partial charge in [0, 0.05) is 6.54 Å². The van der Waals surface area contributed by atoms with Gasteiger partial charge in [0.05, 0.1) is 0 Å². The van der Waals surface area contributed by atoms with Crippen LogP contribution in [0.4, 0.5) is 4.79 Å². The Hall–Kier alpha value is -3.16. The summed E-state index contributed by atoms with van der Waals surface area (Å²) in [5.41, 5.74) is 0.362. The molecule has 8 nitrogen and oxygen atoms in total. The molecule has 1 aromatic rings. The first-order valence-electron chi connectivity index (χ1n) is 8.48. The van der Waals surface area contributed by atoms with E-state index in [9.17, 15) is 19.2 Å². The monoisotopic (exact) mass is 373 g/mol. The summed E-state index contributed by atoms with van der Waals surface area (Å²) < 4.78 is 5.00. The number of aryl methyl sites for hydroxylation is 1. The van der Waals surface area contributed by atoms with Crippen LogP contribution >= 0.6 is 0 Å². The van der Waals surface area contributed by atoms with Gasteiger partial charge in [-0.05, 0) is 26.3 Å². The van der Waals surface area contributed by atoms with E-state index >= 15 is 0 Å². The van der Waals surface area contributed by atoms with E-state index in [0.717, 1.165) is 10.5 Å². The van der Waals surface area contributed by atoms with Crippen LogP contribution in [0.1, 0.15) is 25.0 Å². The zero-order valence-corrected chi connectivity index (χ0v) is 15.6. The summed E-state index contributed by atoms with van der Waals surface area (Å²) >= 11 is 0. The van der Waals surface area contributed by atoms with Gasteiger partial charge >= 0.3 is 12.0 Å². The van der Waals surface area contributed by atoms with Crippen LogP contribution in [-0.2, 0) is 24.7 Å². The highest BCUT2D eigenvalue weighted by Crippen LogP contribution is 2.28. The van der Waals surface area contributed by atoms with Gasteiger partial charge in [-0.15, -0.1) is 6.58 Å². The Bertz CT molecular complexity index is 774. The van der Waals surface area contributed by atoms with Crippen molar-refractivity contribution in [3.63, 3.8) is 0 Å². The van der Waals surface area contributed by atoms with E-state index in [0.29, 0.717) is 5.56 Å². The van der Waals surface area contributed by atoms with Gasteiger partial charge in [0.1, 0.15) is 12.1 Å². The van der Waals surface area contributed by atoms with Gasteiger partial charge in [0.25, 0.3) is 11.8 Å². The zero-order chi connectivity index (χ0) is 20.2. The molecule has 1 aliphatic heterocycles. The van der Waals surface area contributed by atoms with Crippen LogP contribution in [0, 0.1) is 6.92 Å². The van der Waals surface area contributed by atoms with E-state index in [-0.39, 0.29) is 6.54 Å². The Morgan fingerprint density at radius 2 is 1.96 bits per heavy atom. The summed E-state index contributed by atoms with van der Waals surface area (Å²) in [4.78, 5) is 49.6. The topological polar surface area (TPSA) is 105 Å². The standard InChI is InChI=1S/C19H23N3O5/c1-5-10-20-16(24)13(3)27-15(23)11-22-17(25)19(4,21-18(22)26)14-8-6-12(2)7-9-14/h5-9,13H,1,10-11H2,2-4H3,(H,20,24)(H,21,26)/t13-,19+/m0/s1. The Morgan fingerprint density at radius 1 is 1.33 bits per heavy atom. The molecule has 0 aromatic heterocycles. The summed E-state index contributed by atoms with van der Waals surface area (Å²) in [6, 6.07) is 6.48. The summed E-state index contributed by atoms with van der Waals surface area (Å²) in [7, 11) is 0. The van der Waals surface area contributed by atoms with Crippen molar-refractivity contribution >= 4 is 23.8 Å². The Kier molecular flexibility index (Phi) is 5.99. The van der Waals surface area contributed by atoms with Crippen LogP contribution in [-0.4, -0.2) is 47.9 Å². The van der Waals surface area contributed by atoms with Crippen LogP contribution in [0.3, 0.4) is 0 Å². The summed E-state index contributed by atoms with van der Waals surface area (Å²) in [5, 5.41) is 5.11. The summed E-state index contributed by atoms with van der Waals surface area (Å²) in [6.07, 6.45) is 0.438. The van der Waals surface area contributed by atoms with Crippen molar-refractivity contribution in [3.05, 3.63) is 48.0 Å². The SMILES string of the molecule is C=CCNC(=O)[C@H](C)OC(=O)CN1C(=O)N[C@](C)(c2ccc(C)cc2)C1=O. The molecule has 4 amide bonds. The van der Waals surface area contributed by atoms with Crippen molar-refractivity contribution in [2.75, 3.05) is 13.1 Å². The highest BCUT2D eigenvalue weighted by molar-refractivity contribution is 6.08. The predicted molar refractivity (Wildman–Crippen MR) is 97.5 cm³/mol. The van der Waals surface area contributed by atoms with Crippen LogP contribution in [0.2, 0.25) is 0 Å². The molecule has 1 aromatic carbocycles. The molecule has 0 saturated carbocycles. The van der Waals surface area contributed by atoms with E-state index < -0.39 is 42.0 Å².